The molecule has 1 aromatic carbocycles. The van der Waals surface area contributed by atoms with Gasteiger partial charge in [-0.1, -0.05) is 11.6 Å². The highest BCUT2D eigenvalue weighted by atomic mass is 79.9. The van der Waals surface area contributed by atoms with Crippen molar-refractivity contribution >= 4 is 62.4 Å². The monoisotopic (exact) mass is 467 g/mol. The summed E-state index contributed by atoms with van der Waals surface area (Å²) in [7, 11) is -3.50. The largest absolute Gasteiger partial charge is 0.314 e. The summed E-state index contributed by atoms with van der Waals surface area (Å²) in [6.07, 6.45) is 0.796. The predicted octanol–water partition coefficient (Wildman–Crippen LogP) is 2.52. The first-order chi connectivity index (χ1) is 9.99. The van der Waals surface area contributed by atoms with E-state index in [1.54, 1.807) is 12.1 Å². The summed E-state index contributed by atoms with van der Waals surface area (Å²) in [4.78, 5) is 2.55. The Balaban J connectivity index is 0.00000242. The van der Waals surface area contributed by atoms with Gasteiger partial charge >= 0.3 is 0 Å². The molecule has 1 heterocycles. The molecule has 0 radical (unpaired) electrons. The topological polar surface area (TPSA) is 61.4 Å². The second kappa shape index (κ2) is 11.1. The standard InChI is InChI=1S/C13H19BrClN3O2S.2ClH/c14-12-10-11(15)2-3-13(12)21(19,20)17-4-1-7-18-8-5-16-6-9-18;;/h2-3,10,16-17H,1,4-9H2;2*1H. The normalized spacial score (nSPS) is 15.6. The third-order valence-corrected chi connectivity index (χ3v) is 6.01. The van der Waals surface area contributed by atoms with Crippen LogP contribution in [0.1, 0.15) is 6.42 Å². The van der Waals surface area contributed by atoms with E-state index in [0.29, 0.717) is 16.0 Å². The molecule has 1 saturated heterocycles. The first kappa shape index (κ1) is 23.4. The van der Waals surface area contributed by atoms with E-state index in [2.05, 4.69) is 30.9 Å². The summed E-state index contributed by atoms with van der Waals surface area (Å²) in [6.45, 7) is 5.39. The Kier molecular flexibility index (Phi) is 11.3. The van der Waals surface area contributed by atoms with Crippen LogP contribution in [0.5, 0.6) is 0 Å². The van der Waals surface area contributed by atoms with Gasteiger partial charge in [0, 0.05) is 42.2 Å². The molecule has 0 spiro atoms. The van der Waals surface area contributed by atoms with Crippen molar-refractivity contribution in [2.75, 3.05) is 39.3 Å². The van der Waals surface area contributed by atoms with Gasteiger partial charge in [0.05, 0.1) is 4.90 Å². The average molecular weight is 470 g/mol. The number of hydrogen-bond donors (Lipinski definition) is 2. The number of hydrogen-bond acceptors (Lipinski definition) is 4. The zero-order valence-corrected chi connectivity index (χ0v) is 17.2. The molecule has 10 heteroatoms. The molecule has 0 saturated carbocycles. The van der Waals surface area contributed by atoms with Crippen molar-refractivity contribution in [1.82, 2.24) is 14.9 Å². The van der Waals surface area contributed by atoms with E-state index in [1.165, 1.54) is 6.07 Å². The molecule has 1 aliphatic rings. The number of halogens is 4. The molecule has 0 unspecified atom stereocenters. The van der Waals surface area contributed by atoms with Crippen LogP contribution in [0.2, 0.25) is 5.02 Å². The fourth-order valence-corrected chi connectivity index (χ4v) is 4.67. The van der Waals surface area contributed by atoms with Crippen molar-refractivity contribution in [2.45, 2.75) is 11.3 Å². The highest BCUT2D eigenvalue weighted by molar-refractivity contribution is 9.10. The van der Waals surface area contributed by atoms with Crippen LogP contribution in [0.4, 0.5) is 0 Å². The molecule has 5 nitrogen and oxygen atoms in total. The first-order valence-electron chi connectivity index (χ1n) is 6.87. The van der Waals surface area contributed by atoms with E-state index in [4.69, 9.17) is 11.6 Å². The molecule has 0 atom stereocenters. The maximum Gasteiger partial charge on any atom is 0.241 e. The summed E-state index contributed by atoms with van der Waals surface area (Å²) >= 11 is 9.06. The summed E-state index contributed by atoms with van der Waals surface area (Å²) in [5.74, 6) is 0. The maximum atomic E-state index is 12.2. The van der Waals surface area contributed by atoms with E-state index < -0.39 is 10.0 Å². The van der Waals surface area contributed by atoms with Crippen molar-refractivity contribution in [3.05, 3.63) is 27.7 Å². The summed E-state index contributed by atoms with van der Waals surface area (Å²) in [6, 6.07) is 4.66. The van der Waals surface area contributed by atoms with Gasteiger partial charge in [-0.25, -0.2) is 13.1 Å². The van der Waals surface area contributed by atoms with Crippen LogP contribution in [-0.4, -0.2) is 52.6 Å². The molecule has 2 rings (SSSR count). The Bertz CT molecular complexity index is 584. The highest BCUT2D eigenvalue weighted by Gasteiger charge is 2.17. The predicted molar refractivity (Wildman–Crippen MR) is 103 cm³/mol. The molecular weight excluding hydrogens is 448 g/mol. The first-order valence-corrected chi connectivity index (χ1v) is 9.52. The van der Waals surface area contributed by atoms with Gasteiger partial charge in [0.15, 0.2) is 0 Å². The van der Waals surface area contributed by atoms with Crippen molar-refractivity contribution in [1.29, 1.82) is 0 Å². The lowest BCUT2D eigenvalue weighted by Crippen LogP contribution is -2.44. The summed E-state index contributed by atoms with van der Waals surface area (Å²) in [5.41, 5.74) is 0. The molecule has 1 aromatic rings. The van der Waals surface area contributed by atoms with Crippen molar-refractivity contribution in [3.63, 3.8) is 0 Å². The van der Waals surface area contributed by atoms with Gasteiger partial charge in [0.25, 0.3) is 0 Å². The molecule has 0 bridgehead atoms. The smallest absolute Gasteiger partial charge is 0.241 e. The number of nitrogens with one attached hydrogen (secondary N) is 2. The Morgan fingerprint density at radius 2 is 1.91 bits per heavy atom. The van der Waals surface area contributed by atoms with Crippen LogP contribution in [-0.2, 0) is 10.0 Å². The SMILES string of the molecule is Cl.Cl.O=S(=O)(NCCCN1CCNCC1)c1ccc(Cl)cc1Br. The van der Waals surface area contributed by atoms with E-state index in [0.717, 1.165) is 39.1 Å². The zero-order chi connectivity index (χ0) is 15.3. The Morgan fingerprint density at radius 1 is 1.26 bits per heavy atom. The number of rotatable bonds is 6. The number of benzene rings is 1. The second-order valence-electron chi connectivity index (χ2n) is 4.92. The van der Waals surface area contributed by atoms with E-state index in [9.17, 15) is 8.42 Å². The molecule has 23 heavy (non-hydrogen) atoms. The molecule has 0 amide bonds. The van der Waals surface area contributed by atoms with E-state index in [1.807, 2.05) is 0 Å². The van der Waals surface area contributed by atoms with Crippen molar-refractivity contribution in [2.24, 2.45) is 0 Å². The fourth-order valence-electron chi connectivity index (χ4n) is 2.21. The van der Waals surface area contributed by atoms with Crippen molar-refractivity contribution in [3.8, 4) is 0 Å². The fraction of sp³-hybridized carbons (Fsp3) is 0.538. The minimum atomic E-state index is -3.50. The van der Waals surface area contributed by atoms with Crippen LogP contribution in [0, 0.1) is 0 Å². The van der Waals surface area contributed by atoms with Crippen molar-refractivity contribution < 1.29 is 8.42 Å². The van der Waals surface area contributed by atoms with E-state index >= 15 is 0 Å². The Morgan fingerprint density at radius 3 is 2.52 bits per heavy atom. The number of piperazine rings is 1. The van der Waals surface area contributed by atoms with Gasteiger partial charge in [0.2, 0.25) is 10.0 Å². The highest BCUT2D eigenvalue weighted by Crippen LogP contribution is 2.25. The van der Waals surface area contributed by atoms with Gasteiger partial charge in [-0.2, -0.15) is 0 Å². The van der Waals surface area contributed by atoms with Crippen LogP contribution < -0.4 is 10.0 Å². The Labute approximate surface area is 163 Å². The third kappa shape index (κ3) is 7.44. The molecule has 1 fully saturated rings. The van der Waals surface area contributed by atoms with Gasteiger partial charge in [0.1, 0.15) is 0 Å². The van der Waals surface area contributed by atoms with Crippen LogP contribution in [0.25, 0.3) is 0 Å². The van der Waals surface area contributed by atoms with Gasteiger partial charge < -0.3 is 10.2 Å². The van der Waals surface area contributed by atoms with Gasteiger partial charge in [-0.15, -0.1) is 24.8 Å². The average Bonchev–Trinajstić information content (AvgIpc) is 2.44. The minimum Gasteiger partial charge on any atom is -0.314 e. The lowest BCUT2D eigenvalue weighted by molar-refractivity contribution is 0.239. The molecule has 2 N–H and O–H groups in total. The van der Waals surface area contributed by atoms with E-state index in [-0.39, 0.29) is 29.7 Å². The van der Waals surface area contributed by atoms with Crippen LogP contribution in [0.3, 0.4) is 0 Å². The molecule has 1 aliphatic heterocycles. The number of nitrogens with zero attached hydrogens (tertiary/aromatic N) is 1. The lowest BCUT2D eigenvalue weighted by Gasteiger charge is -2.27. The minimum absolute atomic E-state index is 0. The molecule has 0 aliphatic carbocycles. The molecule has 0 aromatic heterocycles. The zero-order valence-electron chi connectivity index (χ0n) is 12.4. The molecule has 134 valence electrons. The summed E-state index contributed by atoms with van der Waals surface area (Å²) in [5, 5.41) is 3.79. The quantitative estimate of drug-likeness (QED) is 0.629. The summed E-state index contributed by atoms with van der Waals surface area (Å²) < 4.78 is 27.5. The second-order valence-corrected chi connectivity index (χ2v) is 7.94. The third-order valence-electron chi connectivity index (χ3n) is 3.34. The number of sulfonamides is 1. The lowest BCUT2D eigenvalue weighted by atomic mass is 10.3. The van der Waals surface area contributed by atoms with Gasteiger partial charge in [-0.05, 0) is 47.1 Å². The maximum absolute atomic E-state index is 12.2. The van der Waals surface area contributed by atoms with Gasteiger partial charge in [-0.3, -0.25) is 0 Å². The van der Waals surface area contributed by atoms with Crippen LogP contribution >= 0.6 is 52.3 Å². The van der Waals surface area contributed by atoms with Crippen LogP contribution in [0.15, 0.2) is 27.6 Å². The molecular formula is C13H21BrCl3N3O2S. The Hall–Kier alpha value is 0.400.